The van der Waals surface area contributed by atoms with E-state index < -0.39 is 23.0 Å². The van der Waals surface area contributed by atoms with E-state index in [0.29, 0.717) is 33.0 Å². The molecule has 0 aliphatic carbocycles. The predicted molar refractivity (Wildman–Crippen MR) is 142 cm³/mol. The number of Topliss-reactive ketones (excluding diaryl/α,β-unsaturated/α-hetero) is 2. The number of ether oxygens (including phenoxy) is 2. The quantitative estimate of drug-likeness (QED) is 0.299. The molecule has 0 aliphatic rings. The van der Waals surface area contributed by atoms with Gasteiger partial charge in [-0.1, -0.05) is 23.7 Å². The molecule has 0 aliphatic heterocycles. The van der Waals surface area contributed by atoms with Gasteiger partial charge in [0, 0.05) is 35.2 Å². The summed E-state index contributed by atoms with van der Waals surface area (Å²) in [6.45, 7) is 7.35. The molecule has 1 atom stereocenters. The molecule has 0 N–H and O–H groups in total. The van der Waals surface area contributed by atoms with E-state index in [4.69, 9.17) is 21.1 Å². The molecule has 0 saturated carbocycles. The zero-order chi connectivity index (χ0) is 27.3. The van der Waals surface area contributed by atoms with Gasteiger partial charge >= 0.3 is 0 Å². The van der Waals surface area contributed by atoms with E-state index in [1.54, 1.807) is 24.3 Å². The highest BCUT2D eigenvalue weighted by Gasteiger charge is 2.25. The fraction of sp³-hybridized carbons (Fsp3) is 0.345. The average molecular weight is 528 g/mol. The first-order valence-electron chi connectivity index (χ1n) is 11.9. The van der Waals surface area contributed by atoms with Gasteiger partial charge < -0.3 is 14.0 Å². The van der Waals surface area contributed by atoms with Gasteiger partial charge in [0.25, 0.3) is 5.56 Å². The van der Waals surface area contributed by atoms with Gasteiger partial charge in [-0.2, -0.15) is 0 Å². The van der Waals surface area contributed by atoms with Crippen molar-refractivity contribution in [3.63, 3.8) is 0 Å². The number of nitrogens with zero attached hydrogens (tertiary/aromatic N) is 1. The van der Waals surface area contributed by atoms with Crippen molar-refractivity contribution >= 4 is 23.2 Å². The molecule has 0 fully saturated rings. The lowest BCUT2D eigenvalue weighted by atomic mass is 9.96. The van der Waals surface area contributed by atoms with Crippen LogP contribution < -0.4 is 10.3 Å². The second-order valence-corrected chi connectivity index (χ2v) is 10.2. The highest BCUT2D eigenvalue weighted by molar-refractivity contribution is 6.31. The number of aromatic nitrogens is 1. The third-order valence-electron chi connectivity index (χ3n) is 5.82. The summed E-state index contributed by atoms with van der Waals surface area (Å²) in [4.78, 5) is 39.1. The molecule has 1 aromatic heterocycles. The molecule has 0 spiro atoms. The molecule has 0 amide bonds. The number of carbonyl (C=O) groups is 2. The molecule has 0 bridgehead atoms. The Balaban J connectivity index is 2.08. The number of methoxy groups -OCH3 is 1. The lowest BCUT2D eigenvalue weighted by Gasteiger charge is -2.24. The Morgan fingerprint density at radius 3 is 2.43 bits per heavy atom. The molecule has 3 rings (SSSR count). The molecule has 1 unspecified atom stereocenters. The molecule has 0 saturated heterocycles. The van der Waals surface area contributed by atoms with Crippen LogP contribution in [0, 0.1) is 5.82 Å². The summed E-state index contributed by atoms with van der Waals surface area (Å²) in [5, 5.41) is 0.397. The highest BCUT2D eigenvalue weighted by atomic mass is 35.5. The van der Waals surface area contributed by atoms with Crippen LogP contribution in [-0.4, -0.2) is 35.5 Å². The zero-order valence-electron chi connectivity index (χ0n) is 21.6. The summed E-state index contributed by atoms with van der Waals surface area (Å²) in [6.07, 6.45) is 1.63. The van der Waals surface area contributed by atoms with Crippen molar-refractivity contribution < 1.29 is 23.5 Å². The number of halogens is 2. The minimum absolute atomic E-state index is 0.0583. The fourth-order valence-electron chi connectivity index (χ4n) is 4.09. The van der Waals surface area contributed by atoms with Crippen LogP contribution >= 0.6 is 11.6 Å². The lowest BCUT2D eigenvalue weighted by Crippen LogP contribution is -2.32. The Labute approximate surface area is 221 Å². The molecule has 1 heterocycles. The normalized spacial score (nSPS) is 12.3. The second kappa shape index (κ2) is 11.8. The second-order valence-electron chi connectivity index (χ2n) is 9.79. The van der Waals surface area contributed by atoms with Gasteiger partial charge in [-0.3, -0.25) is 14.4 Å². The van der Waals surface area contributed by atoms with Gasteiger partial charge in [0.1, 0.15) is 11.6 Å². The maximum absolute atomic E-state index is 13.7. The van der Waals surface area contributed by atoms with Gasteiger partial charge in [-0.15, -0.1) is 0 Å². The number of benzene rings is 2. The summed E-state index contributed by atoms with van der Waals surface area (Å²) < 4.78 is 26.5. The Morgan fingerprint density at radius 1 is 1.08 bits per heavy atom. The third-order valence-corrected chi connectivity index (χ3v) is 6.05. The van der Waals surface area contributed by atoms with Crippen molar-refractivity contribution in [3.05, 3.63) is 87.0 Å². The molecule has 2 aromatic carbocycles. The number of pyridine rings is 1. The Morgan fingerprint density at radius 2 is 1.81 bits per heavy atom. The topological polar surface area (TPSA) is 74.6 Å². The third kappa shape index (κ3) is 7.37. The summed E-state index contributed by atoms with van der Waals surface area (Å²) in [6, 6.07) is 11.1. The van der Waals surface area contributed by atoms with Crippen LogP contribution in [0.3, 0.4) is 0 Å². The number of hydrogen-bond donors (Lipinski definition) is 0. The average Bonchev–Trinajstić information content (AvgIpc) is 2.81. The number of hydrogen-bond acceptors (Lipinski definition) is 5. The van der Waals surface area contributed by atoms with Crippen LogP contribution in [0.4, 0.5) is 4.39 Å². The monoisotopic (exact) mass is 527 g/mol. The van der Waals surface area contributed by atoms with Crippen LogP contribution in [0.15, 0.2) is 59.5 Å². The Hall–Kier alpha value is -3.29. The van der Waals surface area contributed by atoms with Gasteiger partial charge in [0.2, 0.25) is 0 Å². The summed E-state index contributed by atoms with van der Waals surface area (Å²) in [5.41, 5.74) is 0.848. The van der Waals surface area contributed by atoms with Gasteiger partial charge in [0.15, 0.2) is 11.6 Å². The standard InChI is InChI=1S/C29H31ClFNO5/c1-18(33)22-10-9-20(30)15-23(22)24-16-28(35)32(17-27(24)36-5)25(11-12-37-29(2,3)4)26(34)14-19-7-6-8-21(31)13-19/h6-10,13,15-17,25H,11-12,14H2,1-5H3. The maximum atomic E-state index is 13.7. The fourth-order valence-corrected chi connectivity index (χ4v) is 4.26. The number of carbonyl (C=O) groups excluding carboxylic acids is 2. The predicted octanol–water partition coefficient (Wildman–Crippen LogP) is 6.08. The van der Waals surface area contributed by atoms with Crippen molar-refractivity contribution in [1.29, 1.82) is 0 Å². The highest BCUT2D eigenvalue weighted by Crippen LogP contribution is 2.34. The van der Waals surface area contributed by atoms with Crippen molar-refractivity contribution in [2.24, 2.45) is 0 Å². The van der Waals surface area contributed by atoms with Crippen molar-refractivity contribution in [2.75, 3.05) is 13.7 Å². The van der Waals surface area contributed by atoms with Crippen LogP contribution in [0.2, 0.25) is 5.02 Å². The SMILES string of the molecule is COc1cn(C(CCOC(C)(C)C)C(=O)Cc2cccc(F)c2)c(=O)cc1-c1cc(Cl)ccc1C(C)=O. The first-order valence-corrected chi connectivity index (χ1v) is 12.3. The molecule has 0 radical (unpaired) electrons. The number of rotatable bonds is 10. The van der Waals surface area contributed by atoms with Crippen LogP contribution in [0.1, 0.15) is 56.1 Å². The van der Waals surface area contributed by atoms with E-state index in [-0.39, 0.29) is 31.0 Å². The smallest absolute Gasteiger partial charge is 0.252 e. The lowest BCUT2D eigenvalue weighted by molar-refractivity contribution is -0.122. The largest absolute Gasteiger partial charge is 0.495 e. The first kappa shape index (κ1) is 28.3. The molecule has 196 valence electrons. The van der Waals surface area contributed by atoms with Crippen molar-refractivity contribution in [1.82, 2.24) is 4.57 Å². The van der Waals surface area contributed by atoms with Gasteiger partial charge in [0.05, 0.1) is 24.9 Å². The molecular weight excluding hydrogens is 497 g/mol. The van der Waals surface area contributed by atoms with Crippen molar-refractivity contribution in [3.8, 4) is 16.9 Å². The van der Waals surface area contributed by atoms with E-state index >= 15 is 0 Å². The summed E-state index contributed by atoms with van der Waals surface area (Å²) in [5.74, 6) is -0.610. The maximum Gasteiger partial charge on any atom is 0.252 e. The Bertz CT molecular complexity index is 1360. The van der Waals surface area contributed by atoms with E-state index in [1.807, 2.05) is 20.8 Å². The van der Waals surface area contributed by atoms with E-state index in [2.05, 4.69) is 0 Å². The van der Waals surface area contributed by atoms with E-state index in [0.717, 1.165) is 0 Å². The van der Waals surface area contributed by atoms with Gasteiger partial charge in [-0.05, 0) is 75.6 Å². The Kier molecular flexibility index (Phi) is 9.05. The zero-order valence-corrected chi connectivity index (χ0v) is 22.4. The number of ketones is 2. The van der Waals surface area contributed by atoms with E-state index in [9.17, 15) is 18.8 Å². The van der Waals surface area contributed by atoms with Crippen LogP contribution in [0.5, 0.6) is 5.75 Å². The van der Waals surface area contributed by atoms with Crippen LogP contribution in [0.25, 0.3) is 11.1 Å². The molecule has 3 aromatic rings. The molecule has 37 heavy (non-hydrogen) atoms. The van der Waals surface area contributed by atoms with Crippen molar-refractivity contribution in [2.45, 2.75) is 52.2 Å². The van der Waals surface area contributed by atoms with E-state index in [1.165, 1.54) is 49.1 Å². The first-order chi connectivity index (χ1) is 17.4. The minimum atomic E-state index is -0.882. The summed E-state index contributed by atoms with van der Waals surface area (Å²) >= 11 is 6.19. The van der Waals surface area contributed by atoms with Crippen LogP contribution in [-0.2, 0) is 16.0 Å². The summed E-state index contributed by atoms with van der Waals surface area (Å²) in [7, 11) is 1.44. The minimum Gasteiger partial charge on any atom is -0.495 e. The molecule has 6 nitrogen and oxygen atoms in total. The van der Waals surface area contributed by atoms with Gasteiger partial charge in [-0.25, -0.2) is 4.39 Å². The molecular formula is C29H31ClFNO5. The molecule has 8 heteroatoms.